The van der Waals surface area contributed by atoms with Gasteiger partial charge in [0.05, 0.1) is 0 Å². The van der Waals surface area contributed by atoms with Crippen molar-refractivity contribution in [3.8, 4) is 0 Å². The number of benzene rings is 1. The Kier molecular flexibility index (Phi) is 6.41. The van der Waals surface area contributed by atoms with E-state index in [0.29, 0.717) is 5.92 Å². The molecule has 0 atom stereocenters. The van der Waals surface area contributed by atoms with Crippen LogP contribution < -0.4 is 5.32 Å². The van der Waals surface area contributed by atoms with Crippen LogP contribution in [0.2, 0.25) is 0 Å². The van der Waals surface area contributed by atoms with Gasteiger partial charge in [0.15, 0.2) is 0 Å². The van der Waals surface area contributed by atoms with E-state index in [1.807, 2.05) is 7.05 Å². The van der Waals surface area contributed by atoms with Crippen molar-refractivity contribution < 1.29 is 0 Å². The summed E-state index contributed by atoms with van der Waals surface area (Å²) in [5, 5.41) is 3.16. The molecule has 1 rings (SSSR count). The first-order valence-electron chi connectivity index (χ1n) is 4.57. The van der Waals surface area contributed by atoms with Gasteiger partial charge in [0, 0.05) is 11.0 Å². The van der Waals surface area contributed by atoms with Crippen LogP contribution in [0.15, 0.2) is 22.7 Å². The second-order valence-corrected chi connectivity index (χ2v) is 4.49. The van der Waals surface area contributed by atoms with Crippen molar-refractivity contribution in [3.63, 3.8) is 0 Å². The van der Waals surface area contributed by atoms with Gasteiger partial charge in [0.1, 0.15) is 0 Å². The standard InChI is InChI=1S/C11H16BrN.ClH/c1-8(2)10-4-9(7-13-3)5-11(12)6-10;/h4-6,8,13H,7H2,1-3H3;1H. The van der Waals surface area contributed by atoms with Crippen LogP contribution in [-0.2, 0) is 6.54 Å². The molecule has 0 heterocycles. The molecular weight excluding hydrogens is 261 g/mol. The van der Waals surface area contributed by atoms with Crippen molar-refractivity contribution in [3.05, 3.63) is 33.8 Å². The Morgan fingerprint density at radius 3 is 2.43 bits per heavy atom. The van der Waals surface area contributed by atoms with Gasteiger partial charge in [-0.15, -0.1) is 12.4 Å². The molecule has 0 saturated carbocycles. The first kappa shape index (κ1) is 13.9. The highest BCUT2D eigenvalue weighted by molar-refractivity contribution is 9.10. The monoisotopic (exact) mass is 277 g/mol. The third kappa shape index (κ3) is 3.99. The van der Waals surface area contributed by atoms with Crippen LogP contribution in [0, 0.1) is 0 Å². The van der Waals surface area contributed by atoms with Crippen LogP contribution in [0.4, 0.5) is 0 Å². The zero-order chi connectivity index (χ0) is 9.84. The summed E-state index contributed by atoms with van der Waals surface area (Å²) in [6, 6.07) is 6.60. The maximum absolute atomic E-state index is 3.52. The maximum atomic E-state index is 3.52. The fraction of sp³-hybridized carbons (Fsp3) is 0.455. The molecule has 0 aliphatic carbocycles. The smallest absolute Gasteiger partial charge is 0.0202 e. The van der Waals surface area contributed by atoms with E-state index >= 15 is 0 Å². The minimum atomic E-state index is 0. The molecule has 0 unspecified atom stereocenters. The normalized spacial score (nSPS) is 10.1. The van der Waals surface area contributed by atoms with Crippen LogP contribution in [0.3, 0.4) is 0 Å². The summed E-state index contributed by atoms with van der Waals surface area (Å²) in [6.45, 7) is 5.36. The van der Waals surface area contributed by atoms with Crippen molar-refractivity contribution in [2.24, 2.45) is 0 Å². The first-order valence-corrected chi connectivity index (χ1v) is 5.36. The molecule has 3 heteroatoms. The summed E-state index contributed by atoms with van der Waals surface area (Å²) in [5.74, 6) is 0.591. The van der Waals surface area contributed by atoms with Crippen LogP contribution >= 0.6 is 28.3 Å². The number of halogens is 2. The van der Waals surface area contributed by atoms with E-state index in [4.69, 9.17) is 0 Å². The molecule has 0 amide bonds. The molecule has 0 bridgehead atoms. The largest absolute Gasteiger partial charge is 0.316 e. The molecule has 14 heavy (non-hydrogen) atoms. The van der Waals surface area contributed by atoms with Gasteiger partial charge in [-0.25, -0.2) is 0 Å². The molecular formula is C11H17BrClN. The van der Waals surface area contributed by atoms with E-state index in [1.54, 1.807) is 0 Å². The van der Waals surface area contributed by atoms with E-state index in [0.717, 1.165) is 6.54 Å². The molecule has 0 radical (unpaired) electrons. The predicted molar refractivity (Wildman–Crippen MR) is 68.2 cm³/mol. The highest BCUT2D eigenvalue weighted by atomic mass is 79.9. The minimum Gasteiger partial charge on any atom is -0.316 e. The Morgan fingerprint density at radius 1 is 1.29 bits per heavy atom. The van der Waals surface area contributed by atoms with Crippen molar-refractivity contribution in [2.45, 2.75) is 26.3 Å². The maximum Gasteiger partial charge on any atom is 0.0202 e. The third-order valence-corrected chi connectivity index (χ3v) is 2.49. The third-order valence-electron chi connectivity index (χ3n) is 2.03. The molecule has 1 N–H and O–H groups in total. The zero-order valence-electron chi connectivity index (χ0n) is 8.80. The van der Waals surface area contributed by atoms with Gasteiger partial charge in [0.2, 0.25) is 0 Å². The van der Waals surface area contributed by atoms with Crippen molar-refractivity contribution in [2.75, 3.05) is 7.05 Å². The summed E-state index contributed by atoms with van der Waals surface area (Å²) in [6.07, 6.45) is 0. The summed E-state index contributed by atoms with van der Waals surface area (Å²) in [5.41, 5.74) is 2.72. The molecule has 0 aromatic heterocycles. The number of hydrogen-bond acceptors (Lipinski definition) is 1. The summed E-state index contributed by atoms with van der Waals surface area (Å²) in [4.78, 5) is 0. The lowest BCUT2D eigenvalue weighted by Crippen LogP contribution is -2.05. The molecule has 1 nitrogen and oxygen atoms in total. The van der Waals surface area contributed by atoms with Crippen LogP contribution in [-0.4, -0.2) is 7.05 Å². The fourth-order valence-corrected chi connectivity index (χ4v) is 1.87. The second kappa shape index (κ2) is 6.44. The van der Waals surface area contributed by atoms with Gasteiger partial charge >= 0.3 is 0 Å². The zero-order valence-corrected chi connectivity index (χ0v) is 11.2. The molecule has 0 aliphatic heterocycles. The Labute approximate surface area is 101 Å². The quantitative estimate of drug-likeness (QED) is 0.889. The SMILES string of the molecule is CNCc1cc(Br)cc(C(C)C)c1.Cl. The predicted octanol–water partition coefficient (Wildman–Crippen LogP) is 3.71. The summed E-state index contributed by atoms with van der Waals surface area (Å²) >= 11 is 3.52. The Hall–Kier alpha value is -0.0500. The van der Waals surface area contributed by atoms with Gasteiger partial charge < -0.3 is 5.32 Å². The molecule has 0 spiro atoms. The number of rotatable bonds is 3. The van der Waals surface area contributed by atoms with Gasteiger partial charge in [-0.3, -0.25) is 0 Å². The highest BCUT2D eigenvalue weighted by Crippen LogP contribution is 2.21. The lowest BCUT2D eigenvalue weighted by atomic mass is 10.0. The van der Waals surface area contributed by atoms with Crippen molar-refractivity contribution in [1.82, 2.24) is 5.32 Å². The van der Waals surface area contributed by atoms with Crippen LogP contribution in [0.1, 0.15) is 30.9 Å². The Balaban J connectivity index is 0.00000169. The van der Waals surface area contributed by atoms with E-state index in [9.17, 15) is 0 Å². The van der Waals surface area contributed by atoms with Gasteiger partial charge in [-0.05, 0) is 36.2 Å². The van der Waals surface area contributed by atoms with Gasteiger partial charge in [-0.2, -0.15) is 0 Å². The van der Waals surface area contributed by atoms with Crippen molar-refractivity contribution in [1.29, 1.82) is 0 Å². The molecule has 1 aromatic carbocycles. The average Bonchev–Trinajstić information content (AvgIpc) is 2.03. The lowest BCUT2D eigenvalue weighted by molar-refractivity contribution is 0.806. The summed E-state index contributed by atoms with van der Waals surface area (Å²) < 4.78 is 1.17. The van der Waals surface area contributed by atoms with E-state index in [1.165, 1.54) is 15.6 Å². The topological polar surface area (TPSA) is 12.0 Å². The first-order chi connectivity index (χ1) is 6.13. The lowest BCUT2D eigenvalue weighted by Gasteiger charge is -2.09. The minimum absolute atomic E-state index is 0. The highest BCUT2D eigenvalue weighted by Gasteiger charge is 2.02. The Bertz CT molecular complexity index is 287. The van der Waals surface area contributed by atoms with E-state index in [2.05, 4.69) is 53.3 Å². The van der Waals surface area contributed by atoms with Crippen LogP contribution in [0.25, 0.3) is 0 Å². The molecule has 0 saturated heterocycles. The summed E-state index contributed by atoms with van der Waals surface area (Å²) in [7, 11) is 1.97. The van der Waals surface area contributed by atoms with E-state index < -0.39 is 0 Å². The average molecular weight is 279 g/mol. The number of hydrogen-bond donors (Lipinski definition) is 1. The van der Waals surface area contributed by atoms with Gasteiger partial charge in [0.25, 0.3) is 0 Å². The second-order valence-electron chi connectivity index (χ2n) is 3.58. The molecule has 80 valence electrons. The van der Waals surface area contributed by atoms with Gasteiger partial charge in [-0.1, -0.05) is 35.8 Å². The van der Waals surface area contributed by atoms with Crippen molar-refractivity contribution >= 4 is 28.3 Å². The number of nitrogens with one attached hydrogen (secondary N) is 1. The molecule has 0 aliphatic rings. The molecule has 1 aromatic rings. The Morgan fingerprint density at radius 2 is 1.93 bits per heavy atom. The fourth-order valence-electron chi connectivity index (χ4n) is 1.31. The van der Waals surface area contributed by atoms with Crippen LogP contribution in [0.5, 0.6) is 0 Å². The van der Waals surface area contributed by atoms with E-state index in [-0.39, 0.29) is 12.4 Å². The molecule has 0 fully saturated rings.